The van der Waals surface area contributed by atoms with Crippen molar-refractivity contribution in [3.63, 3.8) is 0 Å². The third kappa shape index (κ3) is 3.33. The fourth-order valence-electron chi connectivity index (χ4n) is 2.76. The standard InChI is InChI=1S/C14H23NO2/c1-2-15(11-12-7-6-10-17-12)13-8-4-3-5-9-14(13)16/h6-7,10,13-14,16H,2-5,8-9,11H2,1H3. The number of hydrogen-bond donors (Lipinski definition) is 1. The molecule has 2 unspecified atom stereocenters. The molecule has 3 nitrogen and oxygen atoms in total. The van der Waals surface area contributed by atoms with Gasteiger partial charge in [0.1, 0.15) is 5.76 Å². The van der Waals surface area contributed by atoms with Crippen LogP contribution in [0.15, 0.2) is 22.8 Å². The zero-order valence-electron chi connectivity index (χ0n) is 10.6. The molecule has 0 spiro atoms. The molecule has 1 aromatic rings. The summed E-state index contributed by atoms with van der Waals surface area (Å²) < 4.78 is 5.40. The summed E-state index contributed by atoms with van der Waals surface area (Å²) in [5.41, 5.74) is 0. The molecule has 1 aliphatic carbocycles. The smallest absolute Gasteiger partial charge is 0.117 e. The van der Waals surface area contributed by atoms with Gasteiger partial charge in [-0.15, -0.1) is 0 Å². The second-order valence-electron chi connectivity index (χ2n) is 4.92. The lowest BCUT2D eigenvalue weighted by atomic mass is 10.0. The minimum Gasteiger partial charge on any atom is -0.468 e. The Bertz CT molecular complexity index is 310. The van der Waals surface area contributed by atoms with E-state index >= 15 is 0 Å². The van der Waals surface area contributed by atoms with E-state index in [0.717, 1.165) is 38.1 Å². The largest absolute Gasteiger partial charge is 0.468 e. The molecule has 1 aromatic heterocycles. The number of furan rings is 1. The second-order valence-corrected chi connectivity index (χ2v) is 4.92. The molecule has 1 fully saturated rings. The fraction of sp³-hybridized carbons (Fsp3) is 0.714. The molecule has 1 N–H and O–H groups in total. The molecule has 0 aliphatic heterocycles. The average Bonchev–Trinajstić information content (AvgIpc) is 2.75. The molecule has 0 aromatic carbocycles. The predicted molar refractivity (Wildman–Crippen MR) is 67.7 cm³/mol. The van der Waals surface area contributed by atoms with E-state index in [-0.39, 0.29) is 6.10 Å². The Morgan fingerprint density at radius 2 is 2.18 bits per heavy atom. The first-order chi connectivity index (χ1) is 8.31. The first-order valence-electron chi connectivity index (χ1n) is 6.75. The van der Waals surface area contributed by atoms with Crippen molar-refractivity contribution in [1.29, 1.82) is 0 Å². The summed E-state index contributed by atoms with van der Waals surface area (Å²) in [5, 5.41) is 10.2. The van der Waals surface area contributed by atoms with Gasteiger partial charge in [-0.1, -0.05) is 26.2 Å². The number of rotatable bonds is 4. The minimum absolute atomic E-state index is 0.174. The molecular weight excluding hydrogens is 214 g/mol. The lowest BCUT2D eigenvalue weighted by molar-refractivity contribution is 0.0391. The molecular formula is C14H23NO2. The topological polar surface area (TPSA) is 36.6 Å². The molecule has 1 heterocycles. The molecule has 0 bridgehead atoms. The Kier molecular flexibility index (Phi) is 4.63. The first kappa shape index (κ1) is 12.7. The van der Waals surface area contributed by atoms with Crippen LogP contribution in [0.4, 0.5) is 0 Å². The molecule has 1 saturated carbocycles. The van der Waals surface area contributed by atoms with Crippen molar-refractivity contribution >= 4 is 0 Å². The number of aliphatic hydroxyl groups is 1. The van der Waals surface area contributed by atoms with Crippen molar-refractivity contribution in [2.45, 2.75) is 57.7 Å². The van der Waals surface area contributed by atoms with Crippen molar-refractivity contribution in [2.24, 2.45) is 0 Å². The Morgan fingerprint density at radius 3 is 2.88 bits per heavy atom. The maximum atomic E-state index is 10.2. The number of nitrogens with zero attached hydrogens (tertiary/aromatic N) is 1. The summed E-state index contributed by atoms with van der Waals surface area (Å²) in [6, 6.07) is 4.23. The van der Waals surface area contributed by atoms with E-state index in [2.05, 4.69) is 11.8 Å². The van der Waals surface area contributed by atoms with Crippen LogP contribution in [0.5, 0.6) is 0 Å². The summed E-state index contributed by atoms with van der Waals surface area (Å²) in [6.07, 6.45) is 7.24. The average molecular weight is 237 g/mol. The van der Waals surface area contributed by atoms with Crippen molar-refractivity contribution in [3.05, 3.63) is 24.2 Å². The summed E-state index contributed by atoms with van der Waals surface area (Å²) in [5.74, 6) is 0.989. The molecule has 96 valence electrons. The van der Waals surface area contributed by atoms with E-state index in [4.69, 9.17) is 4.42 Å². The zero-order valence-corrected chi connectivity index (χ0v) is 10.6. The molecule has 3 heteroatoms. The molecule has 0 amide bonds. The van der Waals surface area contributed by atoms with E-state index < -0.39 is 0 Å². The highest BCUT2D eigenvalue weighted by atomic mass is 16.3. The fourth-order valence-corrected chi connectivity index (χ4v) is 2.76. The Morgan fingerprint density at radius 1 is 1.35 bits per heavy atom. The normalized spacial score (nSPS) is 26.1. The third-order valence-corrected chi connectivity index (χ3v) is 3.76. The van der Waals surface area contributed by atoms with Crippen molar-refractivity contribution < 1.29 is 9.52 Å². The highest BCUT2D eigenvalue weighted by molar-refractivity contribution is 4.99. The lowest BCUT2D eigenvalue weighted by Gasteiger charge is -2.32. The molecule has 0 radical (unpaired) electrons. The van der Waals surface area contributed by atoms with Crippen LogP contribution >= 0.6 is 0 Å². The SMILES string of the molecule is CCN(Cc1ccco1)C1CCCCCC1O. The molecule has 2 atom stereocenters. The lowest BCUT2D eigenvalue weighted by Crippen LogP contribution is -2.42. The van der Waals surface area contributed by atoms with E-state index in [1.807, 2.05) is 12.1 Å². The van der Waals surface area contributed by atoms with Crippen LogP contribution in [0.2, 0.25) is 0 Å². The van der Waals surface area contributed by atoms with Crippen LogP contribution in [-0.4, -0.2) is 28.7 Å². The van der Waals surface area contributed by atoms with E-state index in [0.29, 0.717) is 6.04 Å². The maximum Gasteiger partial charge on any atom is 0.117 e. The van der Waals surface area contributed by atoms with Crippen LogP contribution in [-0.2, 0) is 6.54 Å². The Balaban J connectivity index is 2.00. The van der Waals surface area contributed by atoms with Gasteiger partial charge in [0.25, 0.3) is 0 Å². The summed E-state index contributed by atoms with van der Waals surface area (Å²) >= 11 is 0. The van der Waals surface area contributed by atoms with Crippen molar-refractivity contribution in [3.8, 4) is 0 Å². The van der Waals surface area contributed by atoms with Crippen LogP contribution in [0.25, 0.3) is 0 Å². The van der Waals surface area contributed by atoms with E-state index in [9.17, 15) is 5.11 Å². The van der Waals surface area contributed by atoms with Crippen LogP contribution in [0.1, 0.15) is 44.8 Å². The predicted octanol–water partition coefficient (Wildman–Crippen LogP) is 2.80. The van der Waals surface area contributed by atoms with Crippen LogP contribution in [0.3, 0.4) is 0 Å². The maximum absolute atomic E-state index is 10.2. The van der Waals surface area contributed by atoms with Gasteiger partial charge in [0, 0.05) is 6.04 Å². The van der Waals surface area contributed by atoms with Gasteiger partial charge in [-0.05, 0) is 31.5 Å². The minimum atomic E-state index is -0.174. The third-order valence-electron chi connectivity index (χ3n) is 3.76. The Hall–Kier alpha value is -0.800. The highest BCUT2D eigenvalue weighted by Crippen LogP contribution is 2.23. The molecule has 17 heavy (non-hydrogen) atoms. The summed E-state index contributed by atoms with van der Waals surface area (Å²) in [7, 11) is 0. The highest BCUT2D eigenvalue weighted by Gasteiger charge is 2.26. The van der Waals surface area contributed by atoms with Crippen molar-refractivity contribution in [1.82, 2.24) is 4.90 Å². The van der Waals surface area contributed by atoms with Crippen LogP contribution in [0, 0.1) is 0 Å². The number of likely N-dealkylation sites (N-methyl/N-ethyl adjacent to an activating group) is 1. The van der Waals surface area contributed by atoms with Crippen LogP contribution < -0.4 is 0 Å². The van der Waals surface area contributed by atoms with Gasteiger partial charge in [0.05, 0.1) is 18.9 Å². The second kappa shape index (κ2) is 6.22. The van der Waals surface area contributed by atoms with E-state index in [1.165, 1.54) is 12.8 Å². The number of hydrogen-bond acceptors (Lipinski definition) is 3. The number of aliphatic hydroxyl groups excluding tert-OH is 1. The monoisotopic (exact) mass is 237 g/mol. The summed E-state index contributed by atoms with van der Waals surface area (Å²) in [6.45, 7) is 3.92. The van der Waals surface area contributed by atoms with Gasteiger partial charge in [-0.2, -0.15) is 0 Å². The zero-order chi connectivity index (χ0) is 12.1. The first-order valence-corrected chi connectivity index (χ1v) is 6.75. The van der Waals surface area contributed by atoms with Gasteiger partial charge in [-0.25, -0.2) is 0 Å². The van der Waals surface area contributed by atoms with Crippen molar-refractivity contribution in [2.75, 3.05) is 6.54 Å². The molecule has 1 aliphatic rings. The molecule has 2 rings (SSSR count). The Labute approximate surface area is 103 Å². The quantitative estimate of drug-likeness (QED) is 0.818. The summed E-state index contributed by atoms with van der Waals surface area (Å²) in [4.78, 5) is 2.34. The van der Waals surface area contributed by atoms with Gasteiger partial charge < -0.3 is 9.52 Å². The van der Waals surface area contributed by atoms with Gasteiger partial charge >= 0.3 is 0 Å². The molecule has 0 saturated heterocycles. The van der Waals surface area contributed by atoms with Gasteiger partial charge in [0.2, 0.25) is 0 Å². The van der Waals surface area contributed by atoms with Gasteiger partial charge in [0.15, 0.2) is 0 Å². The van der Waals surface area contributed by atoms with Gasteiger partial charge in [-0.3, -0.25) is 4.90 Å². The van der Waals surface area contributed by atoms with E-state index in [1.54, 1.807) is 6.26 Å².